The molecule has 1 aromatic rings. The van der Waals surface area contributed by atoms with E-state index in [0.29, 0.717) is 12.2 Å². The van der Waals surface area contributed by atoms with Crippen molar-refractivity contribution in [3.8, 4) is 5.88 Å². The summed E-state index contributed by atoms with van der Waals surface area (Å²) in [6, 6.07) is 1.37. The maximum atomic E-state index is 10.4. The molecule has 0 amide bonds. The van der Waals surface area contributed by atoms with Gasteiger partial charge >= 0.3 is 19.5 Å². The highest BCUT2D eigenvalue weighted by Crippen LogP contribution is 2.33. The minimum Gasteiger partial charge on any atom is -0.478 e. The number of anilines is 2. The highest BCUT2D eigenvalue weighted by Gasteiger charge is 2.12. The molecule has 0 fully saturated rings. The molecule has 0 saturated heterocycles. The molecule has 0 aliphatic heterocycles. The second-order valence-corrected chi connectivity index (χ2v) is 5.64. The van der Waals surface area contributed by atoms with Gasteiger partial charge in [0.05, 0.1) is 6.61 Å². The lowest BCUT2D eigenvalue weighted by atomic mass is 10.5. The van der Waals surface area contributed by atoms with Crippen LogP contribution in [0.25, 0.3) is 0 Å². The Hall–Kier alpha value is -2.73. The first-order chi connectivity index (χ1) is 11.5. The van der Waals surface area contributed by atoms with Crippen LogP contribution in [0.4, 0.5) is 11.8 Å². The van der Waals surface area contributed by atoms with Crippen LogP contribution < -0.4 is 16.2 Å². The van der Waals surface area contributed by atoms with Gasteiger partial charge in [0.15, 0.2) is 0 Å². The zero-order chi connectivity index (χ0) is 19.5. The second-order valence-electron chi connectivity index (χ2n) is 4.05. The highest BCUT2D eigenvalue weighted by molar-refractivity contribution is 7.51. The maximum absolute atomic E-state index is 10.4. The van der Waals surface area contributed by atoms with Crippen molar-refractivity contribution in [3.05, 3.63) is 18.2 Å². The van der Waals surface area contributed by atoms with Gasteiger partial charge in [-0.2, -0.15) is 9.97 Å². The van der Waals surface area contributed by atoms with Crippen molar-refractivity contribution in [2.45, 2.75) is 0 Å². The van der Waals surface area contributed by atoms with E-state index in [0.717, 1.165) is 0 Å². The maximum Gasteiger partial charge on any atom is 0.350 e. The summed E-state index contributed by atoms with van der Waals surface area (Å²) in [5, 5.41) is 15.6. The summed E-state index contributed by atoms with van der Waals surface area (Å²) < 4.78 is 20.2. The molecule has 0 radical (unpaired) electrons. The van der Waals surface area contributed by atoms with E-state index >= 15 is 0 Å². The molecule has 0 aromatic carbocycles. The lowest BCUT2D eigenvalue weighted by Crippen LogP contribution is -2.10. The summed E-state index contributed by atoms with van der Waals surface area (Å²) >= 11 is 0. The number of hydrogen-bond donors (Lipinski definition) is 6. The number of aromatic nitrogens is 2. The van der Waals surface area contributed by atoms with Crippen LogP contribution >= 0.6 is 7.60 Å². The standard InChI is InChI=1S/C7H13N4O5P.C4H4O4/c8-5-3-6(11-7(9)10-5)16-2-1-15-4-17(12,13)14;5-3(6)1-2-4(7)8/h3H,1-2,4H2,(H2,12,13,14)(H4,8,9,10,11);1-2H,(H,5,6)(H,7,8)/b;2-1+. The van der Waals surface area contributed by atoms with Crippen LogP contribution in [-0.4, -0.2) is 61.5 Å². The van der Waals surface area contributed by atoms with Gasteiger partial charge in [0, 0.05) is 18.2 Å². The average molecular weight is 380 g/mol. The lowest BCUT2D eigenvalue weighted by molar-refractivity contribution is -0.134. The number of hydrogen-bond acceptors (Lipinski definition) is 9. The zero-order valence-electron chi connectivity index (χ0n) is 12.7. The first-order valence-electron chi connectivity index (χ1n) is 6.28. The molecule has 0 bridgehead atoms. The Morgan fingerprint density at radius 3 is 2.12 bits per heavy atom. The zero-order valence-corrected chi connectivity index (χ0v) is 13.6. The van der Waals surface area contributed by atoms with Crippen molar-refractivity contribution in [2.24, 2.45) is 0 Å². The molecule has 25 heavy (non-hydrogen) atoms. The van der Waals surface area contributed by atoms with E-state index in [1.54, 1.807) is 0 Å². The van der Waals surface area contributed by atoms with E-state index in [9.17, 15) is 14.2 Å². The van der Waals surface area contributed by atoms with E-state index in [4.69, 9.17) is 36.2 Å². The van der Waals surface area contributed by atoms with Crippen LogP contribution in [-0.2, 0) is 18.9 Å². The summed E-state index contributed by atoms with van der Waals surface area (Å²) in [5.74, 6) is -2.19. The number of ether oxygens (including phenoxy) is 2. The molecule has 0 saturated carbocycles. The summed E-state index contributed by atoms with van der Waals surface area (Å²) in [6.45, 7) is 0.0742. The number of nitrogens with two attached hydrogens (primary N) is 2. The van der Waals surface area contributed by atoms with Crippen LogP contribution in [0, 0.1) is 0 Å². The monoisotopic (exact) mass is 380 g/mol. The van der Waals surface area contributed by atoms with E-state index in [-0.39, 0.29) is 30.9 Å². The molecule has 1 rings (SSSR count). The molecule has 8 N–H and O–H groups in total. The minimum absolute atomic E-state index is 0.00885. The van der Waals surface area contributed by atoms with Crippen molar-refractivity contribution in [3.63, 3.8) is 0 Å². The predicted molar refractivity (Wildman–Crippen MR) is 83.6 cm³/mol. The van der Waals surface area contributed by atoms with Gasteiger partial charge < -0.3 is 40.9 Å². The summed E-state index contributed by atoms with van der Waals surface area (Å²) in [6.07, 6.45) is 0.467. The predicted octanol–water partition coefficient (Wildman–Crippen LogP) is -1.12. The van der Waals surface area contributed by atoms with Crippen LogP contribution in [0.1, 0.15) is 0 Å². The quantitative estimate of drug-likeness (QED) is 0.178. The molecule has 0 aliphatic rings. The first-order valence-corrected chi connectivity index (χ1v) is 8.08. The van der Waals surface area contributed by atoms with Crippen molar-refractivity contribution in [1.82, 2.24) is 9.97 Å². The Labute approximate surface area is 141 Å². The fraction of sp³-hybridized carbons (Fsp3) is 0.273. The lowest BCUT2D eigenvalue weighted by Gasteiger charge is -2.07. The Balaban J connectivity index is 0.000000609. The fourth-order valence-corrected chi connectivity index (χ4v) is 1.43. The van der Waals surface area contributed by atoms with E-state index in [1.165, 1.54) is 6.07 Å². The van der Waals surface area contributed by atoms with Crippen molar-refractivity contribution in [1.29, 1.82) is 0 Å². The van der Waals surface area contributed by atoms with E-state index in [1.807, 2.05) is 0 Å². The Kier molecular flexibility index (Phi) is 9.74. The Morgan fingerprint density at radius 1 is 1.12 bits per heavy atom. The van der Waals surface area contributed by atoms with E-state index in [2.05, 4.69) is 14.7 Å². The van der Waals surface area contributed by atoms with Crippen LogP contribution in [0.3, 0.4) is 0 Å². The average Bonchev–Trinajstić information content (AvgIpc) is 2.43. The number of carboxylic acids is 2. The molecule has 0 atom stereocenters. The minimum atomic E-state index is -4.14. The Bertz CT molecular complexity index is 625. The molecule has 140 valence electrons. The third-order valence-corrected chi connectivity index (χ3v) is 2.36. The van der Waals surface area contributed by atoms with Gasteiger partial charge in [-0.25, -0.2) is 9.59 Å². The molecule has 1 aromatic heterocycles. The Morgan fingerprint density at radius 2 is 1.68 bits per heavy atom. The normalized spacial score (nSPS) is 10.8. The third-order valence-electron chi connectivity index (χ3n) is 1.85. The third kappa shape index (κ3) is 14.6. The van der Waals surface area contributed by atoms with Gasteiger partial charge in [0.25, 0.3) is 0 Å². The van der Waals surface area contributed by atoms with Gasteiger partial charge in [-0.1, -0.05) is 0 Å². The largest absolute Gasteiger partial charge is 0.478 e. The summed E-state index contributed by atoms with van der Waals surface area (Å²) in [5.41, 5.74) is 10.7. The number of carboxylic acid groups (broad SMARTS) is 2. The molecule has 14 heteroatoms. The number of aliphatic carboxylic acids is 2. The summed E-state index contributed by atoms with van der Waals surface area (Å²) in [4.78, 5) is 43.5. The van der Waals surface area contributed by atoms with Gasteiger partial charge in [-0.3, -0.25) is 4.57 Å². The smallest absolute Gasteiger partial charge is 0.350 e. The number of rotatable bonds is 8. The van der Waals surface area contributed by atoms with Crippen molar-refractivity contribution in [2.75, 3.05) is 31.0 Å². The van der Waals surface area contributed by atoms with Gasteiger partial charge in [-0.05, 0) is 0 Å². The molecule has 0 spiro atoms. The molecule has 13 nitrogen and oxygen atoms in total. The van der Waals surface area contributed by atoms with Gasteiger partial charge in [0.1, 0.15) is 18.8 Å². The van der Waals surface area contributed by atoms with Crippen molar-refractivity contribution < 1.29 is 43.6 Å². The molecule has 0 aliphatic carbocycles. The molecule has 0 unspecified atom stereocenters. The highest BCUT2D eigenvalue weighted by atomic mass is 31.2. The molecular weight excluding hydrogens is 363 g/mol. The second kappa shape index (κ2) is 10.9. The van der Waals surface area contributed by atoms with Gasteiger partial charge in [0.2, 0.25) is 11.8 Å². The SMILES string of the molecule is Nc1cc(OCCOCP(=O)(O)O)nc(N)n1.O=C(O)/C=C/C(=O)O. The first kappa shape index (κ1) is 22.3. The van der Waals surface area contributed by atoms with E-state index < -0.39 is 25.9 Å². The topological polar surface area (TPSA) is 228 Å². The van der Waals surface area contributed by atoms with Crippen LogP contribution in [0.15, 0.2) is 18.2 Å². The number of nitrogens with zero attached hydrogens (tertiary/aromatic N) is 2. The van der Waals surface area contributed by atoms with Gasteiger partial charge in [-0.15, -0.1) is 0 Å². The van der Waals surface area contributed by atoms with Crippen LogP contribution in [0.5, 0.6) is 5.88 Å². The fourth-order valence-electron chi connectivity index (χ4n) is 1.07. The van der Waals surface area contributed by atoms with Crippen LogP contribution in [0.2, 0.25) is 0 Å². The molecular formula is C11H17N4O9P. The molecule has 1 heterocycles. The number of nitrogen functional groups attached to an aromatic ring is 2. The summed E-state index contributed by atoms with van der Waals surface area (Å²) in [7, 11) is -4.14. The van der Waals surface area contributed by atoms with Crippen molar-refractivity contribution >= 4 is 31.3 Å². The number of carbonyl (C=O) groups is 2.